The van der Waals surface area contributed by atoms with Gasteiger partial charge in [-0.05, 0) is 66.6 Å². The van der Waals surface area contributed by atoms with Crippen LogP contribution in [0.5, 0.6) is 0 Å². The lowest BCUT2D eigenvalue weighted by Crippen LogP contribution is -2.53. The summed E-state index contributed by atoms with van der Waals surface area (Å²) in [6, 6.07) is 26.3. The SMILES string of the molecule is CNC(=O)[C@H](Cc1ccccc1)N(Cc1ccc(Cl)cc1Cl)C(=O)CN(c1ccc(Br)cc1)S(=O)(=O)c1ccc(C)cc1. The summed E-state index contributed by atoms with van der Waals surface area (Å²) >= 11 is 16.0. The van der Waals surface area contributed by atoms with Gasteiger partial charge in [-0.25, -0.2) is 8.42 Å². The largest absolute Gasteiger partial charge is 0.357 e. The maximum atomic E-state index is 14.3. The Morgan fingerprint density at radius 2 is 1.56 bits per heavy atom. The minimum absolute atomic E-state index is 0.0354. The van der Waals surface area contributed by atoms with Crippen LogP contribution < -0.4 is 9.62 Å². The number of amides is 2. The van der Waals surface area contributed by atoms with Gasteiger partial charge < -0.3 is 10.2 Å². The number of rotatable bonds is 11. The molecule has 0 bridgehead atoms. The number of nitrogens with zero attached hydrogens (tertiary/aromatic N) is 2. The van der Waals surface area contributed by atoms with Crippen molar-refractivity contribution < 1.29 is 18.0 Å². The van der Waals surface area contributed by atoms with Crippen LogP contribution in [0, 0.1) is 6.92 Å². The lowest BCUT2D eigenvalue weighted by atomic mass is 10.0. The molecule has 0 spiro atoms. The van der Waals surface area contributed by atoms with E-state index in [0.717, 1.165) is 19.9 Å². The third-order valence-electron chi connectivity index (χ3n) is 6.88. The van der Waals surface area contributed by atoms with E-state index in [1.165, 1.54) is 24.1 Å². The third-order valence-corrected chi connectivity index (χ3v) is 9.78. The predicted octanol–water partition coefficient (Wildman–Crippen LogP) is 6.65. The second-order valence-electron chi connectivity index (χ2n) is 9.88. The second-order valence-corrected chi connectivity index (χ2v) is 13.5. The molecule has 7 nitrogen and oxygen atoms in total. The number of benzene rings is 4. The average Bonchev–Trinajstić information content (AvgIpc) is 2.99. The van der Waals surface area contributed by atoms with E-state index < -0.39 is 34.4 Å². The van der Waals surface area contributed by atoms with Gasteiger partial charge in [0, 0.05) is 34.5 Å². The molecule has 0 fully saturated rings. The minimum Gasteiger partial charge on any atom is -0.357 e. The first kappa shape index (κ1) is 32.5. The molecule has 0 aliphatic heterocycles. The number of nitrogens with one attached hydrogen (secondary N) is 1. The normalized spacial score (nSPS) is 11.9. The van der Waals surface area contributed by atoms with Crippen molar-refractivity contribution in [1.29, 1.82) is 0 Å². The summed E-state index contributed by atoms with van der Waals surface area (Å²) in [6.07, 6.45) is 0.195. The molecule has 4 rings (SSSR count). The zero-order chi connectivity index (χ0) is 31.1. The maximum Gasteiger partial charge on any atom is 0.264 e. The van der Waals surface area contributed by atoms with E-state index in [4.69, 9.17) is 23.2 Å². The van der Waals surface area contributed by atoms with Gasteiger partial charge in [0.1, 0.15) is 12.6 Å². The Balaban J connectivity index is 1.80. The van der Waals surface area contributed by atoms with Crippen LogP contribution in [0.2, 0.25) is 10.0 Å². The van der Waals surface area contributed by atoms with Gasteiger partial charge in [0.15, 0.2) is 0 Å². The van der Waals surface area contributed by atoms with Crippen molar-refractivity contribution in [2.75, 3.05) is 17.9 Å². The highest BCUT2D eigenvalue weighted by Crippen LogP contribution is 2.28. The third kappa shape index (κ3) is 8.17. The lowest BCUT2D eigenvalue weighted by molar-refractivity contribution is -0.139. The van der Waals surface area contributed by atoms with Crippen molar-refractivity contribution in [3.63, 3.8) is 0 Å². The van der Waals surface area contributed by atoms with Crippen LogP contribution in [0.15, 0.2) is 106 Å². The Labute approximate surface area is 270 Å². The summed E-state index contributed by atoms with van der Waals surface area (Å²) in [5.41, 5.74) is 2.57. The molecule has 0 saturated heterocycles. The van der Waals surface area contributed by atoms with E-state index in [1.54, 1.807) is 54.6 Å². The number of anilines is 1. The maximum absolute atomic E-state index is 14.3. The highest BCUT2D eigenvalue weighted by Gasteiger charge is 2.34. The topological polar surface area (TPSA) is 86.8 Å². The van der Waals surface area contributed by atoms with Gasteiger partial charge in [-0.1, -0.05) is 93.2 Å². The summed E-state index contributed by atoms with van der Waals surface area (Å²) in [5, 5.41) is 3.40. The number of carbonyl (C=O) groups excluding carboxylic acids is 2. The van der Waals surface area contributed by atoms with Gasteiger partial charge in [-0.15, -0.1) is 0 Å². The molecule has 11 heteroatoms. The molecule has 0 aromatic heterocycles. The molecule has 0 saturated carbocycles. The van der Waals surface area contributed by atoms with Crippen molar-refractivity contribution in [3.05, 3.63) is 128 Å². The van der Waals surface area contributed by atoms with Crippen LogP contribution in [-0.2, 0) is 32.6 Å². The van der Waals surface area contributed by atoms with Crippen LogP contribution in [0.4, 0.5) is 5.69 Å². The molecule has 0 radical (unpaired) electrons. The number of aryl methyl sites for hydroxylation is 1. The molecule has 4 aromatic rings. The summed E-state index contributed by atoms with van der Waals surface area (Å²) in [5.74, 6) is -0.993. The van der Waals surface area contributed by atoms with Crippen molar-refractivity contribution in [3.8, 4) is 0 Å². The van der Waals surface area contributed by atoms with Gasteiger partial charge in [0.05, 0.1) is 10.6 Å². The van der Waals surface area contributed by atoms with E-state index in [1.807, 2.05) is 37.3 Å². The predicted molar refractivity (Wildman–Crippen MR) is 175 cm³/mol. The van der Waals surface area contributed by atoms with Crippen molar-refractivity contribution in [2.45, 2.75) is 30.8 Å². The molecule has 0 aliphatic rings. The standard InChI is InChI=1S/C32H30BrCl2N3O4S/c1-22-8-16-28(17-9-22)43(41,42)38(27-14-11-25(33)12-15-27)21-31(39)37(20-24-10-13-26(34)19-29(24)35)30(32(40)36-2)18-23-6-4-3-5-7-23/h3-17,19,30H,18,20-21H2,1-2H3,(H,36,40)/t30-/m0/s1. The molecule has 0 unspecified atom stereocenters. The first-order valence-electron chi connectivity index (χ1n) is 13.3. The monoisotopic (exact) mass is 701 g/mol. The fraction of sp³-hybridized carbons (Fsp3) is 0.188. The molecule has 0 heterocycles. The highest BCUT2D eigenvalue weighted by atomic mass is 79.9. The molecule has 0 aliphatic carbocycles. The van der Waals surface area contributed by atoms with Gasteiger partial charge in [0.2, 0.25) is 11.8 Å². The first-order valence-corrected chi connectivity index (χ1v) is 16.3. The molecule has 1 N–H and O–H groups in total. The van der Waals surface area contributed by atoms with E-state index in [-0.39, 0.29) is 17.9 Å². The zero-order valence-electron chi connectivity index (χ0n) is 23.5. The van der Waals surface area contributed by atoms with Crippen molar-refractivity contribution in [2.24, 2.45) is 0 Å². The molecular formula is C32H30BrCl2N3O4S. The molecular weight excluding hydrogens is 673 g/mol. The average molecular weight is 703 g/mol. The minimum atomic E-state index is -4.18. The van der Waals surface area contributed by atoms with Gasteiger partial charge in [-0.3, -0.25) is 13.9 Å². The first-order chi connectivity index (χ1) is 20.5. The lowest BCUT2D eigenvalue weighted by Gasteiger charge is -2.33. The Hall–Kier alpha value is -3.37. The number of halogens is 3. The Morgan fingerprint density at radius 1 is 0.907 bits per heavy atom. The van der Waals surface area contributed by atoms with E-state index in [2.05, 4.69) is 21.2 Å². The molecule has 43 heavy (non-hydrogen) atoms. The summed E-state index contributed by atoms with van der Waals surface area (Å²) in [4.78, 5) is 29.1. The fourth-order valence-electron chi connectivity index (χ4n) is 4.53. The van der Waals surface area contributed by atoms with Crippen LogP contribution in [0.3, 0.4) is 0 Å². The molecule has 224 valence electrons. The van der Waals surface area contributed by atoms with Crippen LogP contribution in [0.1, 0.15) is 16.7 Å². The Morgan fingerprint density at radius 3 is 2.16 bits per heavy atom. The fourth-order valence-corrected chi connectivity index (χ4v) is 6.67. The number of sulfonamides is 1. The van der Waals surface area contributed by atoms with E-state index in [9.17, 15) is 18.0 Å². The zero-order valence-corrected chi connectivity index (χ0v) is 27.4. The molecule has 1 atom stereocenters. The summed E-state index contributed by atoms with van der Waals surface area (Å²) in [6.45, 7) is 1.24. The number of hydrogen-bond acceptors (Lipinski definition) is 4. The smallest absolute Gasteiger partial charge is 0.264 e. The van der Waals surface area contributed by atoms with Gasteiger partial charge in [-0.2, -0.15) is 0 Å². The quantitative estimate of drug-likeness (QED) is 0.190. The second kappa shape index (κ2) is 14.4. The highest BCUT2D eigenvalue weighted by molar-refractivity contribution is 9.10. The van der Waals surface area contributed by atoms with Crippen molar-refractivity contribution in [1.82, 2.24) is 10.2 Å². The summed E-state index contributed by atoms with van der Waals surface area (Å²) in [7, 11) is -2.69. The van der Waals surface area contributed by atoms with Crippen LogP contribution in [-0.4, -0.2) is 44.8 Å². The number of hydrogen-bond donors (Lipinski definition) is 1. The Bertz CT molecular complexity index is 1690. The Kier molecular flexibility index (Phi) is 10.9. The molecule has 4 aromatic carbocycles. The molecule has 2 amide bonds. The van der Waals surface area contributed by atoms with Crippen LogP contribution in [0.25, 0.3) is 0 Å². The number of carbonyl (C=O) groups is 2. The van der Waals surface area contributed by atoms with E-state index >= 15 is 0 Å². The van der Waals surface area contributed by atoms with Gasteiger partial charge in [0.25, 0.3) is 10.0 Å². The van der Waals surface area contributed by atoms with E-state index in [0.29, 0.717) is 21.3 Å². The van der Waals surface area contributed by atoms with Crippen LogP contribution >= 0.6 is 39.1 Å². The van der Waals surface area contributed by atoms with Gasteiger partial charge >= 0.3 is 0 Å². The summed E-state index contributed by atoms with van der Waals surface area (Å²) < 4.78 is 29.8. The number of likely N-dealkylation sites (N-methyl/N-ethyl adjacent to an activating group) is 1. The van der Waals surface area contributed by atoms with Crippen molar-refractivity contribution >= 4 is 66.7 Å².